The Morgan fingerprint density at radius 2 is 1.79 bits per heavy atom. The molecule has 0 saturated carbocycles. The van der Waals surface area contributed by atoms with E-state index in [-0.39, 0.29) is 10.9 Å². The highest BCUT2D eigenvalue weighted by Gasteiger charge is 2.11. The van der Waals surface area contributed by atoms with E-state index in [0.717, 1.165) is 12.8 Å². The fourth-order valence-corrected chi connectivity index (χ4v) is 2.40. The molecule has 108 valence electrons. The first kappa shape index (κ1) is 15.8. The topological polar surface area (TPSA) is 98.2 Å². The van der Waals surface area contributed by atoms with E-state index in [2.05, 4.69) is 26.1 Å². The number of hydrogen-bond acceptors (Lipinski definition) is 4. The number of nitrogens with one attached hydrogen (secondary N) is 1. The van der Waals surface area contributed by atoms with Crippen molar-refractivity contribution in [2.45, 2.75) is 44.6 Å². The van der Waals surface area contributed by atoms with Crippen LogP contribution in [0.2, 0.25) is 0 Å². The summed E-state index contributed by atoms with van der Waals surface area (Å²) in [5.74, 6) is 0.644. The van der Waals surface area contributed by atoms with Crippen LogP contribution >= 0.6 is 0 Å². The van der Waals surface area contributed by atoms with Gasteiger partial charge in [-0.2, -0.15) is 0 Å². The number of hydrogen-bond donors (Lipinski definition) is 3. The lowest BCUT2D eigenvalue weighted by atomic mass is 10.0. The molecule has 0 heterocycles. The number of sulfonamides is 1. The molecule has 5 nitrogen and oxygen atoms in total. The van der Waals surface area contributed by atoms with Gasteiger partial charge in [-0.3, -0.25) is 0 Å². The van der Waals surface area contributed by atoms with Crippen molar-refractivity contribution in [3.05, 3.63) is 18.2 Å². The first-order chi connectivity index (χ1) is 8.68. The highest BCUT2D eigenvalue weighted by molar-refractivity contribution is 7.89. The van der Waals surface area contributed by atoms with Crippen molar-refractivity contribution < 1.29 is 8.42 Å². The number of anilines is 2. The lowest BCUT2D eigenvalue weighted by Gasteiger charge is -2.17. The van der Waals surface area contributed by atoms with Crippen LogP contribution in [0.5, 0.6) is 0 Å². The van der Waals surface area contributed by atoms with E-state index in [4.69, 9.17) is 10.9 Å². The smallest absolute Gasteiger partial charge is 0.238 e. The molecule has 0 fully saturated rings. The second kappa shape index (κ2) is 6.25. The third-order valence-electron chi connectivity index (χ3n) is 2.85. The van der Waals surface area contributed by atoms with E-state index in [1.807, 2.05) is 0 Å². The molecule has 5 N–H and O–H groups in total. The average molecular weight is 285 g/mol. The molecular formula is C13H23N3O2S. The number of nitrogens with two attached hydrogens (primary N) is 2. The normalized spacial score (nSPS) is 13.5. The predicted molar refractivity (Wildman–Crippen MR) is 79.4 cm³/mol. The summed E-state index contributed by atoms with van der Waals surface area (Å²) in [4.78, 5) is 0.0334. The van der Waals surface area contributed by atoms with Gasteiger partial charge in [0.1, 0.15) is 0 Å². The van der Waals surface area contributed by atoms with Gasteiger partial charge >= 0.3 is 0 Å². The van der Waals surface area contributed by atoms with E-state index in [0.29, 0.717) is 17.3 Å². The Balaban J connectivity index is 2.81. The van der Waals surface area contributed by atoms with Gasteiger partial charge in [-0.15, -0.1) is 0 Å². The van der Waals surface area contributed by atoms with Crippen LogP contribution in [-0.2, 0) is 10.0 Å². The summed E-state index contributed by atoms with van der Waals surface area (Å²) in [7, 11) is -3.73. The van der Waals surface area contributed by atoms with Crippen molar-refractivity contribution in [3.63, 3.8) is 0 Å². The fraction of sp³-hybridized carbons (Fsp3) is 0.538. The Kier molecular flexibility index (Phi) is 5.20. The molecule has 0 aliphatic rings. The maximum atomic E-state index is 11.3. The Morgan fingerprint density at radius 3 is 2.32 bits per heavy atom. The highest BCUT2D eigenvalue weighted by atomic mass is 32.2. The molecule has 1 atom stereocenters. The number of primary sulfonamides is 1. The van der Waals surface area contributed by atoms with Crippen LogP contribution in [0.4, 0.5) is 11.4 Å². The van der Waals surface area contributed by atoms with Gasteiger partial charge in [-0.25, -0.2) is 13.6 Å². The first-order valence-corrected chi connectivity index (χ1v) is 7.93. The van der Waals surface area contributed by atoms with E-state index in [1.54, 1.807) is 6.07 Å². The summed E-state index contributed by atoms with van der Waals surface area (Å²) in [6.07, 6.45) is 2.12. The third-order valence-corrected chi connectivity index (χ3v) is 3.74. The van der Waals surface area contributed by atoms with Crippen LogP contribution in [0.15, 0.2) is 23.1 Å². The van der Waals surface area contributed by atoms with Crippen molar-refractivity contribution in [3.8, 4) is 0 Å². The molecule has 0 aliphatic heterocycles. The molecule has 0 aliphatic carbocycles. The lowest BCUT2D eigenvalue weighted by molar-refractivity contribution is 0.527. The van der Waals surface area contributed by atoms with Crippen LogP contribution in [0.25, 0.3) is 0 Å². The molecule has 1 aromatic carbocycles. The quantitative estimate of drug-likeness (QED) is 0.697. The summed E-state index contributed by atoms with van der Waals surface area (Å²) >= 11 is 0. The van der Waals surface area contributed by atoms with Crippen molar-refractivity contribution in [2.75, 3.05) is 11.1 Å². The van der Waals surface area contributed by atoms with Crippen molar-refractivity contribution in [1.82, 2.24) is 0 Å². The van der Waals surface area contributed by atoms with Crippen molar-refractivity contribution in [2.24, 2.45) is 11.1 Å². The van der Waals surface area contributed by atoms with Crippen LogP contribution in [-0.4, -0.2) is 14.5 Å². The molecule has 0 saturated heterocycles. The molecule has 0 spiro atoms. The molecule has 0 aromatic heterocycles. The van der Waals surface area contributed by atoms with Gasteiger partial charge in [0.05, 0.1) is 4.90 Å². The van der Waals surface area contributed by atoms with Gasteiger partial charge in [-0.1, -0.05) is 13.8 Å². The summed E-state index contributed by atoms with van der Waals surface area (Å²) < 4.78 is 22.7. The Morgan fingerprint density at radius 1 is 1.16 bits per heavy atom. The molecule has 0 bridgehead atoms. The standard InChI is InChI=1S/C13H23N3O2S/c1-9(2)4-5-10(3)16-12-6-11(14)7-13(8-12)19(15,17)18/h6-10,16H,4-5,14H2,1-3H3,(H2,15,17,18). The zero-order valence-corrected chi connectivity index (χ0v) is 12.5. The SMILES string of the molecule is CC(C)CCC(C)Nc1cc(N)cc(S(N)(=O)=O)c1. The van der Waals surface area contributed by atoms with Gasteiger partial charge in [0.2, 0.25) is 10.0 Å². The zero-order chi connectivity index (χ0) is 14.6. The van der Waals surface area contributed by atoms with Crippen LogP contribution in [0.3, 0.4) is 0 Å². The third kappa shape index (κ3) is 5.48. The Hall–Kier alpha value is -1.27. The molecule has 1 unspecified atom stereocenters. The summed E-state index contributed by atoms with van der Waals surface area (Å²) in [5.41, 5.74) is 6.75. The number of nitrogen functional groups attached to an aromatic ring is 1. The number of benzene rings is 1. The van der Waals surface area contributed by atoms with Gasteiger partial charge in [0, 0.05) is 17.4 Å². The molecule has 6 heteroatoms. The largest absolute Gasteiger partial charge is 0.399 e. The van der Waals surface area contributed by atoms with Gasteiger partial charge < -0.3 is 11.1 Å². The molecular weight excluding hydrogens is 262 g/mol. The van der Waals surface area contributed by atoms with Crippen molar-refractivity contribution >= 4 is 21.4 Å². The van der Waals surface area contributed by atoms with E-state index < -0.39 is 10.0 Å². The van der Waals surface area contributed by atoms with E-state index in [1.165, 1.54) is 12.1 Å². The van der Waals surface area contributed by atoms with E-state index in [9.17, 15) is 8.42 Å². The molecule has 0 radical (unpaired) electrons. The van der Waals surface area contributed by atoms with Crippen molar-refractivity contribution in [1.29, 1.82) is 0 Å². The fourth-order valence-electron chi connectivity index (χ4n) is 1.81. The van der Waals surface area contributed by atoms with Gasteiger partial charge in [-0.05, 0) is 43.9 Å². The maximum Gasteiger partial charge on any atom is 0.238 e. The monoisotopic (exact) mass is 285 g/mol. The predicted octanol–water partition coefficient (Wildman–Crippen LogP) is 2.15. The maximum absolute atomic E-state index is 11.3. The average Bonchev–Trinajstić information content (AvgIpc) is 2.24. The van der Waals surface area contributed by atoms with Gasteiger partial charge in [0.15, 0.2) is 0 Å². The number of rotatable bonds is 6. The summed E-state index contributed by atoms with van der Waals surface area (Å²) in [6, 6.07) is 4.83. The lowest BCUT2D eigenvalue weighted by Crippen LogP contribution is -2.17. The minimum absolute atomic E-state index is 0.0334. The zero-order valence-electron chi connectivity index (χ0n) is 11.7. The summed E-state index contributed by atoms with van der Waals surface area (Å²) in [5, 5.41) is 8.36. The molecule has 19 heavy (non-hydrogen) atoms. The van der Waals surface area contributed by atoms with Crippen LogP contribution in [0.1, 0.15) is 33.6 Å². The Bertz CT molecular complexity index is 527. The minimum atomic E-state index is -3.73. The first-order valence-electron chi connectivity index (χ1n) is 6.38. The van der Waals surface area contributed by atoms with Crippen LogP contribution < -0.4 is 16.2 Å². The molecule has 0 amide bonds. The summed E-state index contributed by atoms with van der Waals surface area (Å²) in [6.45, 7) is 6.40. The minimum Gasteiger partial charge on any atom is -0.399 e. The highest BCUT2D eigenvalue weighted by Crippen LogP contribution is 2.21. The second-order valence-electron chi connectivity index (χ2n) is 5.35. The van der Waals surface area contributed by atoms with E-state index >= 15 is 0 Å². The second-order valence-corrected chi connectivity index (χ2v) is 6.91. The Labute approximate surface area is 115 Å². The molecule has 1 aromatic rings. The van der Waals surface area contributed by atoms with Crippen LogP contribution in [0, 0.1) is 5.92 Å². The molecule has 1 rings (SSSR count). The van der Waals surface area contributed by atoms with Gasteiger partial charge in [0.25, 0.3) is 0 Å².